The summed E-state index contributed by atoms with van der Waals surface area (Å²) in [6, 6.07) is 0.840. The summed E-state index contributed by atoms with van der Waals surface area (Å²) < 4.78 is 0. The molecule has 0 saturated carbocycles. The van der Waals surface area contributed by atoms with E-state index in [1.165, 1.54) is 39.0 Å². The molecule has 2 heterocycles. The molecule has 2 aliphatic heterocycles. The third-order valence-electron chi connectivity index (χ3n) is 5.42. The van der Waals surface area contributed by atoms with Crippen LogP contribution in [0.4, 0.5) is 0 Å². The Labute approximate surface area is 101 Å². The number of hydrogen-bond acceptors (Lipinski definition) is 2. The molecule has 16 heavy (non-hydrogen) atoms. The topological polar surface area (TPSA) is 15.3 Å². The largest absolute Gasteiger partial charge is 0.316 e. The van der Waals surface area contributed by atoms with Gasteiger partial charge in [0.15, 0.2) is 0 Å². The van der Waals surface area contributed by atoms with Crippen LogP contribution in [-0.2, 0) is 0 Å². The molecule has 0 amide bonds. The predicted octanol–water partition coefficient (Wildman–Crippen LogP) is 2.35. The van der Waals surface area contributed by atoms with Crippen LogP contribution >= 0.6 is 0 Å². The van der Waals surface area contributed by atoms with Crippen molar-refractivity contribution in [3.8, 4) is 0 Å². The summed E-state index contributed by atoms with van der Waals surface area (Å²) >= 11 is 0. The molecule has 94 valence electrons. The second kappa shape index (κ2) is 4.66. The summed E-state index contributed by atoms with van der Waals surface area (Å²) in [6.07, 6.45) is 2.72. The highest BCUT2D eigenvalue weighted by atomic mass is 15.2. The number of piperidine rings is 2. The van der Waals surface area contributed by atoms with Gasteiger partial charge in [0.05, 0.1) is 0 Å². The number of hydrogen-bond donors (Lipinski definition) is 1. The van der Waals surface area contributed by atoms with Gasteiger partial charge in [-0.2, -0.15) is 0 Å². The monoisotopic (exact) mass is 224 g/mol. The van der Waals surface area contributed by atoms with Crippen molar-refractivity contribution in [1.29, 1.82) is 0 Å². The van der Waals surface area contributed by atoms with E-state index in [1.807, 2.05) is 0 Å². The first-order valence-electron chi connectivity index (χ1n) is 7.04. The second-order valence-corrected chi connectivity index (χ2v) is 6.21. The fraction of sp³-hybridized carbons (Fsp3) is 1.00. The van der Waals surface area contributed by atoms with Gasteiger partial charge < -0.3 is 10.2 Å². The Bertz CT molecular complexity index is 239. The lowest BCUT2D eigenvalue weighted by molar-refractivity contribution is -0.0477. The Morgan fingerprint density at radius 3 is 2.81 bits per heavy atom. The SMILES string of the molecule is CCN1CCC(C)(C(C)C)C2CNCCC21. The lowest BCUT2D eigenvalue weighted by Gasteiger charge is -2.55. The smallest absolute Gasteiger partial charge is 0.0153 e. The molecule has 0 aliphatic carbocycles. The van der Waals surface area contributed by atoms with Gasteiger partial charge >= 0.3 is 0 Å². The highest BCUT2D eigenvalue weighted by Gasteiger charge is 2.47. The Morgan fingerprint density at radius 2 is 2.19 bits per heavy atom. The minimum Gasteiger partial charge on any atom is -0.316 e. The molecule has 0 aromatic carbocycles. The zero-order chi connectivity index (χ0) is 11.8. The molecule has 0 aromatic heterocycles. The summed E-state index contributed by atoms with van der Waals surface area (Å²) in [5, 5.41) is 3.61. The number of likely N-dealkylation sites (tertiary alicyclic amines) is 1. The van der Waals surface area contributed by atoms with Gasteiger partial charge in [0.25, 0.3) is 0 Å². The van der Waals surface area contributed by atoms with Crippen LogP contribution in [0.1, 0.15) is 40.5 Å². The second-order valence-electron chi connectivity index (χ2n) is 6.21. The van der Waals surface area contributed by atoms with Crippen LogP contribution in [-0.4, -0.2) is 37.1 Å². The van der Waals surface area contributed by atoms with Gasteiger partial charge in [0.2, 0.25) is 0 Å². The van der Waals surface area contributed by atoms with E-state index in [0.29, 0.717) is 5.41 Å². The van der Waals surface area contributed by atoms with Crippen molar-refractivity contribution in [1.82, 2.24) is 10.2 Å². The summed E-state index contributed by atoms with van der Waals surface area (Å²) in [5.41, 5.74) is 0.545. The van der Waals surface area contributed by atoms with Gasteiger partial charge in [0.1, 0.15) is 0 Å². The average molecular weight is 224 g/mol. The van der Waals surface area contributed by atoms with E-state index >= 15 is 0 Å². The normalized spacial score (nSPS) is 41.1. The Balaban J connectivity index is 2.20. The van der Waals surface area contributed by atoms with Crippen molar-refractivity contribution in [3.05, 3.63) is 0 Å². The van der Waals surface area contributed by atoms with E-state index in [-0.39, 0.29) is 0 Å². The predicted molar refractivity (Wildman–Crippen MR) is 69.6 cm³/mol. The van der Waals surface area contributed by atoms with E-state index in [4.69, 9.17) is 0 Å². The molecule has 2 rings (SSSR count). The Hall–Kier alpha value is -0.0800. The fourth-order valence-electron chi connectivity index (χ4n) is 3.80. The van der Waals surface area contributed by atoms with Crippen LogP contribution in [0.5, 0.6) is 0 Å². The summed E-state index contributed by atoms with van der Waals surface area (Å²) in [7, 11) is 0. The molecule has 2 heteroatoms. The van der Waals surface area contributed by atoms with Gasteiger partial charge in [-0.3, -0.25) is 0 Å². The third-order valence-corrected chi connectivity index (χ3v) is 5.42. The molecular weight excluding hydrogens is 196 g/mol. The zero-order valence-electron chi connectivity index (χ0n) is 11.4. The van der Waals surface area contributed by atoms with E-state index in [1.54, 1.807) is 0 Å². The number of rotatable bonds is 2. The molecule has 0 spiro atoms. The van der Waals surface area contributed by atoms with Crippen LogP contribution in [0.15, 0.2) is 0 Å². The number of nitrogens with zero attached hydrogens (tertiary/aromatic N) is 1. The highest BCUT2D eigenvalue weighted by molar-refractivity contribution is 5.00. The number of nitrogens with one attached hydrogen (secondary N) is 1. The maximum Gasteiger partial charge on any atom is 0.0153 e. The molecule has 0 aromatic rings. The van der Waals surface area contributed by atoms with Gasteiger partial charge in [-0.15, -0.1) is 0 Å². The van der Waals surface area contributed by atoms with Gasteiger partial charge in [-0.05, 0) is 56.3 Å². The number of fused-ring (bicyclic) bond motifs is 1. The van der Waals surface area contributed by atoms with Crippen molar-refractivity contribution in [2.75, 3.05) is 26.2 Å². The molecule has 2 saturated heterocycles. The van der Waals surface area contributed by atoms with E-state index < -0.39 is 0 Å². The van der Waals surface area contributed by atoms with Crippen molar-refractivity contribution in [2.24, 2.45) is 17.3 Å². The van der Waals surface area contributed by atoms with E-state index in [2.05, 4.69) is 37.9 Å². The lowest BCUT2D eigenvalue weighted by Crippen LogP contribution is -2.60. The van der Waals surface area contributed by atoms with Crippen molar-refractivity contribution < 1.29 is 0 Å². The quantitative estimate of drug-likeness (QED) is 0.774. The summed E-state index contributed by atoms with van der Waals surface area (Å²) in [6.45, 7) is 14.6. The average Bonchev–Trinajstić information content (AvgIpc) is 2.30. The van der Waals surface area contributed by atoms with Crippen molar-refractivity contribution in [2.45, 2.75) is 46.6 Å². The minimum absolute atomic E-state index is 0.545. The molecular formula is C14H28N2. The zero-order valence-corrected chi connectivity index (χ0v) is 11.4. The molecule has 2 fully saturated rings. The van der Waals surface area contributed by atoms with Gasteiger partial charge in [0, 0.05) is 6.04 Å². The van der Waals surface area contributed by atoms with Crippen molar-refractivity contribution >= 4 is 0 Å². The third kappa shape index (κ3) is 1.91. The van der Waals surface area contributed by atoms with E-state index in [9.17, 15) is 0 Å². The maximum absolute atomic E-state index is 3.61. The minimum atomic E-state index is 0.545. The Morgan fingerprint density at radius 1 is 1.44 bits per heavy atom. The van der Waals surface area contributed by atoms with Crippen LogP contribution in [0.3, 0.4) is 0 Å². The van der Waals surface area contributed by atoms with Crippen LogP contribution < -0.4 is 5.32 Å². The molecule has 3 atom stereocenters. The highest BCUT2D eigenvalue weighted by Crippen LogP contribution is 2.46. The lowest BCUT2D eigenvalue weighted by atomic mass is 9.61. The fourth-order valence-corrected chi connectivity index (χ4v) is 3.80. The standard InChI is InChI=1S/C14H28N2/c1-5-16-9-7-14(4,11(2)3)12-10-15-8-6-13(12)16/h11-13,15H,5-10H2,1-4H3. The van der Waals surface area contributed by atoms with Crippen molar-refractivity contribution in [3.63, 3.8) is 0 Å². The summed E-state index contributed by atoms with van der Waals surface area (Å²) in [4.78, 5) is 2.72. The molecule has 1 N–H and O–H groups in total. The van der Waals surface area contributed by atoms with Gasteiger partial charge in [-0.1, -0.05) is 27.7 Å². The molecule has 2 aliphatic rings. The van der Waals surface area contributed by atoms with Crippen LogP contribution in [0, 0.1) is 17.3 Å². The molecule has 2 nitrogen and oxygen atoms in total. The van der Waals surface area contributed by atoms with E-state index in [0.717, 1.165) is 17.9 Å². The Kier molecular flexibility index (Phi) is 3.60. The first-order chi connectivity index (χ1) is 7.59. The summed E-state index contributed by atoms with van der Waals surface area (Å²) in [5.74, 6) is 1.66. The van der Waals surface area contributed by atoms with Gasteiger partial charge in [-0.25, -0.2) is 0 Å². The van der Waals surface area contributed by atoms with Crippen LogP contribution in [0.2, 0.25) is 0 Å². The molecule has 0 radical (unpaired) electrons. The first kappa shape index (κ1) is 12.4. The first-order valence-corrected chi connectivity index (χ1v) is 7.04. The molecule has 0 bridgehead atoms. The maximum atomic E-state index is 3.61. The molecule has 3 unspecified atom stereocenters. The van der Waals surface area contributed by atoms with Crippen LogP contribution in [0.25, 0.3) is 0 Å².